The molecule has 2 unspecified atom stereocenters. The van der Waals surface area contributed by atoms with Crippen molar-refractivity contribution in [2.45, 2.75) is 51.9 Å². The fraction of sp³-hybridized carbons (Fsp3) is 0.333. The summed E-state index contributed by atoms with van der Waals surface area (Å²) in [4.78, 5) is 33.6. The van der Waals surface area contributed by atoms with Crippen LogP contribution in [0.25, 0.3) is 0 Å². The number of fused-ring (bicyclic) bond motifs is 1. The number of amides is 2. The number of benzene rings is 2. The van der Waals surface area contributed by atoms with Crippen LogP contribution >= 0.6 is 0 Å². The van der Waals surface area contributed by atoms with Crippen LogP contribution in [0.15, 0.2) is 91.1 Å². The maximum atomic E-state index is 13.5. The third kappa shape index (κ3) is 9.12. The van der Waals surface area contributed by atoms with Crippen molar-refractivity contribution in [3.05, 3.63) is 108 Å². The molecule has 0 spiro atoms. The molecular weight excluding hydrogens is 469 g/mol. The highest BCUT2D eigenvalue weighted by Gasteiger charge is 2.35. The van der Waals surface area contributed by atoms with Crippen LogP contribution in [0.1, 0.15) is 37.0 Å². The van der Waals surface area contributed by atoms with E-state index >= 15 is 0 Å². The minimum absolute atomic E-state index is 0. The van der Waals surface area contributed by atoms with Crippen LogP contribution in [-0.4, -0.2) is 42.6 Å². The number of hydrogen-bond donors (Lipinski definition) is 2. The van der Waals surface area contributed by atoms with Gasteiger partial charge in [0.05, 0.1) is 7.11 Å². The van der Waals surface area contributed by atoms with E-state index < -0.39 is 12.7 Å². The van der Waals surface area contributed by atoms with E-state index in [4.69, 9.17) is 4.84 Å². The van der Waals surface area contributed by atoms with Gasteiger partial charge in [0, 0.05) is 32.0 Å². The van der Waals surface area contributed by atoms with Gasteiger partial charge in [0.25, 0.3) is 0 Å². The largest absolute Gasteiger partial charge is 0.350 e. The fourth-order valence-electron chi connectivity index (χ4n) is 4.28. The molecule has 37 heavy (non-hydrogen) atoms. The molecule has 0 fully saturated rings. The summed E-state index contributed by atoms with van der Waals surface area (Å²) in [6, 6.07) is 16.7. The first-order valence-electron chi connectivity index (χ1n) is 12.0. The monoisotopic (exact) mass is 507 g/mol. The van der Waals surface area contributed by atoms with Crippen molar-refractivity contribution >= 4 is 11.8 Å². The summed E-state index contributed by atoms with van der Waals surface area (Å²) in [7, 11) is 1.50. The zero-order chi connectivity index (χ0) is 25.8. The minimum Gasteiger partial charge on any atom is -0.350 e. The maximum absolute atomic E-state index is 13.5. The predicted octanol–water partition coefficient (Wildman–Crippen LogP) is 4.83. The molecular formula is C30H38FN3O3. The number of hydrogen-bond acceptors (Lipinski definition) is 4. The first-order valence-corrected chi connectivity index (χ1v) is 12.0. The number of halogens is 1. The van der Waals surface area contributed by atoms with Crippen molar-refractivity contribution in [1.29, 1.82) is 0 Å². The van der Waals surface area contributed by atoms with E-state index in [1.165, 1.54) is 13.2 Å². The molecule has 7 heteroatoms. The van der Waals surface area contributed by atoms with Crippen LogP contribution < -0.4 is 10.8 Å². The summed E-state index contributed by atoms with van der Waals surface area (Å²) in [6.45, 7) is 4.26. The van der Waals surface area contributed by atoms with Crippen LogP contribution in [0.4, 0.5) is 4.39 Å². The summed E-state index contributed by atoms with van der Waals surface area (Å²) in [5.41, 5.74) is 6.76. The van der Waals surface area contributed by atoms with Crippen molar-refractivity contribution < 1.29 is 18.8 Å². The predicted molar refractivity (Wildman–Crippen MR) is 146 cm³/mol. The van der Waals surface area contributed by atoms with E-state index in [2.05, 4.69) is 17.4 Å². The molecule has 1 heterocycles. The highest BCUT2D eigenvalue weighted by atomic mass is 19.1. The molecule has 0 saturated carbocycles. The molecule has 0 radical (unpaired) electrons. The van der Waals surface area contributed by atoms with Crippen molar-refractivity contribution in [3.63, 3.8) is 0 Å². The standard InChI is InChI=1S/C29H34FN3O3.CH4/c1-22(11-5-4-10-16-30)17-26(32-36-2)19-28(34)33-21-25-15-9-8-14-24(25)18-27(33)29(35)31-20-23-12-6-3-7-13-23;/h3-15,26-27,32H,1,16-21H2,2H3,(H,31,35);1H4/b10-4-,11-5-;. The Morgan fingerprint density at radius 3 is 2.51 bits per heavy atom. The Morgan fingerprint density at radius 1 is 1.11 bits per heavy atom. The first kappa shape index (κ1) is 29.7. The molecule has 1 aliphatic heterocycles. The molecule has 3 rings (SSSR count). The fourth-order valence-corrected chi connectivity index (χ4v) is 4.28. The highest BCUT2D eigenvalue weighted by Crippen LogP contribution is 2.25. The van der Waals surface area contributed by atoms with Crippen LogP contribution in [0.3, 0.4) is 0 Å². The van der Waals surface area contributed by atoms with E-state index in [9.17, 15) is 14.0 Å². The van der Waals surface area contributed by atoms with Gasteiger partial charge >= 0.3 is 0 Å². The Balaban J connectivity index is 0.00000481. The summed E-state index contributed by atoms with van der Waals surface area (Å²) >= 11 is 0. The number of rotatable bonds is 12. The number of carbonyl (C=O) groups excluding carboxylic acids is 2. The SMILES string of the molecule is C.C=C(/C=C\C=C/CF)CC(CC(=O)N1Cc2ccccc2CC1C(=O)NCc1ccccc1)NOC. The maximum Gasteiger partial charge on any atom is 0.243 e. The van der Waals surface area contributed by atoms with Gasteiger partial charge in [-0.15, -0.1) is 0 Å². The molecule has 198 valence electrons. The van der Waals surface area contributed by atoms with Gasteiger partial charge in [0.15, 0.2) is 0 Å². The Hall–Kier alpha value is -3.55. The quantitative estimate of drug-likeness (QED) is 0.319. The van der Waals surface area contributed by atoms with Gasteiger partial charge in [0.1, 0.15) is 12.7 Å². The number of nitrogens with zero attached hydrogens (tertiary/aromatic N) is 1. The Labute approximate surface area is 219 Å². The molecule has 2 amide bonds. The lowest BCUT2D eigenvalue weighted by molar-refractivity contribution is -0.142. The van der Waals surface area contributed by atoms with E-state index in [0.717, 1.165) is 22.3 Å². The number of hydroxylamine groups is 1. The van der Waals surface area contributed by atoms with Crippen molar-refractivity contribution in [1.82, 2.24) is 15.7 Å². The van der Waals surface area contributed by atoms with Crippen molar-refractivity contribution in [2.24, 2.45) is 0 Å². The van der Waals surface area contributed by atoms with Crippen molar-refractivity contribution in [2.75, 3.05) is 13.8 Å². The summed E-state index contributed by atoms with van der Waals surface area (Å²) in [5.74, 6) is -0.321. The summed E-state index contributed by atoms with van der Waals surface area (Å²) < 4.78 is 12.2. The second-order valence-corrected chi connectivity index (χ2v) is 8.74. The lowest BCUT2D eigenvalue weighted by Gasteiger charge is -2.37. The molecule has 0 aliphatic carbocycles. The number of nitrogens with one attached hydrogen (secondary N) is 2. The van der Waals surface area contributed by atoms with Gasteiger partial charge in [-0.2, -0.15) is 5.48 Å². The molecule has 0 aromatic heterocycles. The third-order valence-corrected chi connectivity index (χ3v) is 6.06. The topological polar surface area (TPSA) is 70.7 Å². The Morgan fingerprint density at radius 2 is 1.81 bits per heavy atom. The Kier molecular flexibility index (Phi) is 12.5. The van der Waals surface area contributed by atoms with E-state index in [1.807, 2.05) is 54.6 Å². The lowest BCUT2D eigenvalue weighted by atomic mass is 9.92. The molecule has 2 atom stereocenters. The average Bonchev–Trinajstić information content (AvgIpc) is 2.89. The normalized spacial score (nSPS) is 15.7. The van der Waals surface area contributed by atoms with Gasteiger partial charge < -0.3 is 15.1 Å². The molecule has 0 saturated heterocycles. The number of allylic oxidation sites excluding steroid dienone is 4. The zero-order valence-corrected chi connectivity index (χ0v) is 20.7. The lowest BCUT2D eigenvalue weighted by Crippen LogP contribution is -2.53. The van der Waals surface area contributed by atoms with Gasteiger partial charge in [-0.25, -0.2) is 4.39 Å². The van der Waals surface area contributed by atoms with Crippen LogP contribution in [-0.2, 0) is 33.9 Å². The van der Waals surface area contributed by atoms with Crippen LogP contribution in [0, 0.1) is 0 Å². The average molecular weight is 508 g/mol. The second-order valence-electron chi connectivity index (χ2n) is 8.74. The molecule has 1 aliphatic rings. The highest BCUT2D eigenvalue weighted by molar-refractivity contribution is 5.88. The van der Waals surface area contributed by atoms with Gasteiger partial charge in [-0.1, -0.05) is 98.5 Å². The first-order chi connectivity index (χ1) is 17.5. The van der Waals surface area contributed by atoms with Gasteiger partial charge in [-0.05, 0) is 23.1 Å². The number of alkyl halides is 1. The van der Waals surface area contributed by atoms with Crippen LogP contribution in [0.2, 0.25) is 0 Å². The van der Waals surface area contributed by atoms with E-state index in [0.29, 0.717) is 25.9 Å². The third-order valence-electron chi connectivity index (χ3n) is 6.06. The summed E-state index contributed by atoms with van der Waals surface area (Å²) in [6.07, 6.45) is 7.54. The second kappa shape index (κ2) is 15.5. The minimum atomic E-state index is -0.603. The van der Waals surface area contributed by atoms with Crippen molar-refractivity contribution in [3.8, 4) is 0 Å². The van der Waals surface area contributed by atoms with E-state index in [-0.39, 0.29) is 31.7 Å². The molecule has 2 aromatic carbocycles. The van der Waals surface area contributed by atoms with E-state index in [1.54, 1.807) is 23.1 Å². The van der Waals surface area contributed by atoms with Gasteiger partial charge in [-0.3, -0.25) is 9.59 Å². The van der Waals surface area contributed by atoms with Gasteiger partial charge in [0.2, 0.25) is 11.8 Å². The molecule has 6 nitrogen and oxygen atoms in total. The smallest absolute Gasteiger partial charge is 0.243 e. The zero-order valence-electron chi connectivity index (χ0n) is 20.7. The Bertz CT molecular complexity index is 1080. The number of carbonyl (C=O) groups is 2. The molecule has 2 aromatic rings. The van der Waals surface area contributed by atoms with Crippen LogP contribution in [0.5, 0.6) is 0 Å². The molecule has 2 N–H and O–H groups in total. The molecule has 0 bridgehead atoms. The summed E-state index contributed by atoms with van der Waals surface area (Å²) in [5, 5.41) is 3.00.